The Kier molecular flexibility index (Phi) is 9.47. The quantitative estimate of drug-likeness (QED) is 0.0846. The first kappa shape index (κ1) is 33.4. The number of hydrogen-bond donors (Lipinski definition) is 5. The summed E-state index contributed by atoms with van der Waals surface area (Å²) in [4.78, 5) is 34.8. The number of carbonyl (C=O) groups is 2. The zero-order valence-corrected chi connectivity index (χ0v) is 28.0. The lowest BCUT2D eigenvalue weighted by molar-refractivity contribution is 0.0996. The van der Waals surface area contributed by atoms with Crippen molar-refractivity contribution in [3.63, 3.8) is 0 Å². The number of primary amides is 1. The van der Waals surface area contributed by atoms with Gasteiger partial charge in [0.1, 0.15) is 5.69 Å². The molecule has 0 radical (unpaired) electrons. The molecule has 256 valence electrons. The summed E-state index contributed by atoms with van der Waals surface area (Å²) in [5, 5.41) is 36.1. The number of unbranched alkanes of at least 4 members (excludes halogenated alkanes) is 1. The van der Waals surface area contributed by atoms with Crippen molar-refractivity contribution in [2.75, 3.05) is 10.6 Å². The first-order chi connectivity index (χ1) is 23.6. The molecule has 4 aromatic heterocycles. The molecule has 6 rings (SSSR count). The summed E-state index contributed by atoms with van der Waals surface area (Å²) >= 11 is 0. The summed E-state index contributed by atoms with van der Waals surface area (Å²) in [6.07, 6.45) is 0.297. The van der Waals surface area contributed by atoms with E-state index in [1.54, 1.807) is 33.6 Å². The van der Waals surface area contributed by atoms with Crippen LogP contribution in [0.4, 0.5) is 11.9 Å². The largest absolute Gasteiger partial charge is 0.392 e. The number of fused-ring (bicyclic) bond motifs is 2. The van der Waals surface area contributed by atoms with Crippen LogP contribution in [0.2, 0.25) is 0 Å². The average molecular weight is 668 g/mol. The Hall–Kier alpha value is -5.54. The highest BCUT2D eigenvalue weighted by Crippen LogP contribution is 2.27. The summed E-state index contributed by atoms with van der Waals surface area (Å²) in [7, 11) is 0. The number of aromatic nitrogens is 8. The molecule has 0 saturated heterocycles. The Labute approximate surface area is 282 Å². The molecule has 0 aliphatic heterocycles. The SMILES string of the molecule is CCn1nc(C)cc1C(=O)Nc1nc2c(CO)cccc2n1CCCCn1c(NC(O)c2cc(C)nn2CC)nc2cc(C(N)=O)ccc21. The molecule has 4 heterocycles. The van der Waals surface area contributed by atoms with Gasteiger partial charge in [-0.15, -0.1) is 0 Å². The van der Waals surface area contributed by atoms with Crippen molar-refractivity contribution in [1.29, 1.82) is 0 Å². The molecule has 0 fully saturated rings. The van der Waals surface area contributed by atoms with Crippen LogP contribution in [0.25, 0.3) is 22.1 Å². The van der Waals surface area contributed by atoms with Gasteiger partial charge in [-0.2, -0.15) is 10.2 Å². The van der Waals surface area contributed by atoms with Crippen LogP contribution >= 0.6 is 0 Å². The Bertz CT molecular complexity index is 2160. The Morgan fingerprint density at radius 3 is 2.27 bits per heavy atom. The van der Waals surface area contributed by atoms with Gasteiger partial charge in [0.05, 0.1) is 45.8 Å². The molecule has 0 aliphatic carbocycles. The third-order valence-electron chi connectivity index (χ3n) is 8.52. The van der Waals surface area contributed by atoms with E-state index in [2.05, 4.69) is 20.8 Å². The molecular formula is C34H41N11O4. The summed E-state index contributed by atoms with van der Waals surface area (Å²) < 4.78 is 7.30. The second-order valence-electron chi connectivity index (χ2n) is 11.9. The molecule has 49 heavy (non-hydrogen) atoms. The van der Waals surface area contributed by atoms with E-state index in [0.29, 0.717) is 84.5 Å². The van der Waals surface area contributed by atoms with Crippen molar-refractivity contribution >= 4 is 45.8 Å². The van der Waals surface area contributed by atoms with Crippen LogP contribution in [0, 0.1) is 13.8 Å². The number of nitrogens with two attached hydrogens (primary N) is 1. The van der Waals surface area contributed by atoms with Gasteiger partial charge in [-0.3, -0.25) is 24.3 Å². The van der Waals surface area contributed by atoms with Crippen molar-refractivity contribution < 1.29 is 19.8 Å². The average Bonchev–Trinajstić information content (AvgIpc) is 3.85. The van der Waals surface area contributed by atoms with Gasteiger partial charge in [-0.25, -0.2) is 9.97 Å². The molecule has 2 aromatic carbocycles. The molecule has 2 amide bonds. The maximum absolute atomic E-state index is 13.4. The lowest BCUT2D eigenvalue weighted by Gasteiger charge is -2.17. The summed E-state index contributed by atoms with van der Waals surface area (Å²) in [5.41, 5.74) is 11.9. The third-order valence-corrected chi connectivity index (χ3v) is 8.52. The van der Waals surface area contributed by atoms with E-state index in [9.17, 15) is 19.8 Å². The second-order valence-corrected chi connectivity index (χ2v) is 11.9. The number of anilines is 2. The van der Waals surface area contributed by atoms with Gasteiger partial charge in [0.2, 0.25) is 17.8 Å². The Morgan fingerprint density at radius 1 is 0.878 bits per heavy atom. The third kappa shape index (κ3) is 6.62. The Morgan fingerprint density at radius 2 is 1.57 bits per heavy atom. The van der Waals surface area contributed by atoms with Crippen molar-refractivity contribution in [2.45, 2.75) is 79.6 Å². The molecule has 0 aliphatic rings. The number of nitrogens with one attached hydrogen (secondary N) is 2. The number of benzene rings is 2. The lowest BCUT2D eigenvalue weighted by Crippen LogP contribution is -2.20. The topological polar surface area (TPSA) is 196 Å². The van der Waals surface area contributed by atoms with E-state index in [-0.39, 0.29) is 12.5 Å². The van der Waals surface area contributed by atoms with E-state index in [4.69, 9.17) is 15.7 Å². The lowest BCUT2D eigenvalue weighted by atomic mass is 10.2. The van der Waals surface area contributed by atoms with Gasteiger partial charge in [0.15, 0.2) is 6.23 Å². The molecule has 6 aromatic rings. The van der Waals surface area contributed by atoms with E-state index in [0.717, 1.165) is 22.4 Å². The van der Waals surface area contributed by atoms with Crippen LogP contribution in [0.3, 0.4) is 0 Å². The highest BCUT2D eigenvalue weighted by molar-refractivity contribution is 6.03. The molecule has 1 unspecified atom stereocenters. The number of aliphatic hydroxyl groups excluding tert-OH is 2. The predicted octanol–water partition coefficient (Wildman–Crippen LogP) is 3.86. The van der Waals surface area contributed by atoms with Crippen LogP contribution < -0.4 is 16.4 Å². The van der Waals surface area contributed by atoms with Crippen LogP contribution in [-0.4, -0.2) is 60.7 Å². The second kappa shape index (κ2) is 13.9. The fourth-order valence-electron chi connectivity index (χ4n) is 6.18. The molecular weight excluding hydrogens is 626 g/mol. The molecule has 0 spiro atoms. The van der Waals surface area contributed by atoms with Gasteiger partial charge in [-0.05, 0) is 76.9 Å². The predicted molar refractivity (Wildman–Crippen MR) is 185 cm³/mol. The van der Waals surface area contributed by atoms with Crippen molar-refractivity contribution in [3.8, 4) is 0 Å². The monoisotopic (exact) mass is 667 g/mol. The Balaban J connectivity index is 1.26. The number of para-hydroxylation sites is 1. The first-order valence-electron chi connectivity index (χ1n) is 16.4. The summed E-state index contributed by atoms with van der Waals surface area (Å²) in [6.45, 7) is 9.59. The maximum atomic E-state index is 13.4. The van der Waals surface area contributed by atoms with Crippen molar-refractivity contribution in [2.24, 2.45) is 5.73 Å². The minimum atomic E-state index is -1.08. The van der Waals surface area contributed by atoms with Crippen molar-refractivity contribution in [3.05, 3.63) is 82.4 Å². The number of nitrogens with zero attached hydrogens (tertiary/aromatic N) is 8. The molecule has 0 saturated carbocycles. The smallest absolute Gasteiger partial charge is 0.276 e. The van der Waals surface area contributed by atoms with E-state index < -0.39 is 12.1 Å². The highest BCUT2D eigenvalue weighted by Gasteiger charge is 2.21. The number of aliphatic hydroxyl groups is 2. The minimum absolute atomic E-state index is 0.186. The molecule has 6 N–H and O–H groups in total. The number of aryl methyl sites for hydroxylation is 6. The molecule has 1 atom stereocenters. The molecule has 0 bridgehead atoms. The standard InChI is InChI=1S/C34H41N11O4/c1-5-44-27(16-20(3)40-44)31(48)38-33-36-24-18-22(30(35)47)12-13-25(24)42(33)14-7-8-15-43-26-11-9-10-23(19-46)29(26)37-34(43)39-32(49)28-17-21(4)41-45(28)6-2/h9-13,16-18,31,46,48H,5-8,14-15,19H2,1-4H3,(H2,35,47)(H,36,38)(H,37,39,49). The minimum Gasteiger partial charge on any atom is -0.392 e. The fourth-order valence-corrected chi connectivity index (χ4v) is 6.18. The normalized spacial score (nSPS) is 12.2. The maximum Gasteiger partial charge on any atom is 0.276 e. The molecule has 15 nitrogen and oxygen atoms in total. The highest BCUT2D eigenvalue weighted by atomic mass is 16.3. The number of amides is 2. The number of imidazole rings is 2. The van der Waals surface area contributed by atoms with Crippen LogP contribution in [0.1, 0.15) is 76.4 Å². The van der Waals surface area contributed by atoms with Gasteiger partial charge in [0.25, 0.3) is 5.91 Å². The first-order valence-corrected chi connectivity index (χ1v) is 16.4. The van der Waals surface area contributed by atoms with Crippen LogP contribution in [0.15, 0.2) is 48.5 Å². The van der Waals surface area contributed by atoms with E-state index >= 15 is 0 Å². The number of carbonyl (C=O) groups excluding carboxylic acids is 2. The van der Waals surface area contributed by atoms with Crippen LogP contribution in [-0.2, 0) is 32.8 Å². The number of hydrogen-bond acceptors (Lipinski definition) is 9. The van der Waals surface area contributed by atoms with Gasteiger partial charge < -0.3 is 30.4 Å². The van der Waals surface area contributed by atoms with E-state index in [1.807, 2.05) is 61.1 Å². The van der Waals surface area contributed by atoms with Gasteiger partial charge in [-0.1, -0.05) is 12.1 Å². The van der Waals surface area contributed by atoms with Gasteiger partial charge in [0, 0.05) is 37.3 Å². The number of rotatable bonds is 14. The van der Waals surface area contributed by atoms with E-state index in [1.165, 1.54) is 0 Å². The van der Waals surface area contributed by atoms with Crippen LogP contribution in [0.5, 0.6) is 0 Å². The fraction of sp³-hybridized carbons (Fsp3) is 0.353. The molecule has 15 heteroatoms. The van der Waals surface area contributed by atoms with Gasteiger partial charge >= 0.3 is 0 Å². The zero-order chi connectivity index (χ0) is 34.8. The van der Waals surface area contributed by atoms with Crippen molar-refractivity contribution in [1.82, 2.24) is 38.7 Å². The summed E-state index contributed by atoms with van der Waals surface area (Å²) in [6, 6.07) is 14.3. The zero-order valence-electron chi connectivity index (χ0n) is 28.0. The summed E-state index contributed by atoms with van der Waals surface area (Å²) in [5.74, 6) is -0.0640.